The molecule has 0 aromatic carbocycles. The normalized spacial score (nSPS) is 32.2. The molecule has 91 heavy (non-hydrogen) atoms. The van der Waals surface area contributed by atoms with Crippen molar-refractivity contribution in [2.45, 2.75) is 155 Å². The van der Waals surface area contributed by atoms with Crippen molar-refractivity contribution in [3.05, 3.63) is 0 Å². The molecule has 0 spiro atoms. The zero-order valence-corrected chi connectivity index (χ0v) is 55.6. The molecule has 8 unspecified atom stereocenters. The van der Waals surface area contributed by atoms with Crippen LogP contribution in [-0.4, -0.2) is 388 Å². The van der Waals surface area contributed by atoms with Crippen LogP contribution in [0.15, 0.2) is 0 Å². The van der Waals surface area contributed by atoms with Gasteiger partial charge in [-0.3, -0.25) is 29.6 Å². The van der Waals surface area contributed by atoms with Gasteiger partial charge in [0.15, 0.2) is 18.9 Å². The number of nitrogens with one attached hydrogen (secondary N) is 3. The highest BCUT2D eigenvalue weighted by molar-refractivity contribution is 8.00. The standard InChI is InChI=1S/C55H103N7O25S4/c1-5-32-40(69)45(74)50(80-18-8-20-89-23-10-58-36(57)31-91-55-48(77)44(73)41(70)33(28-63)87-55)53(84-32)82-30-35-43(72)47(76)51(81-17-6-19-88-22-9-56)54(86-35)83-29-34-42(71)46(75)49(52(78-4)85-34)79-16-7-21-90-24-11-59-37(64)25-62(27-39(67)68)15-14-60(2)12-13-61(3)26-38(65)66/h32-35,40-55,63,69-77H,5-31,56H2,1-4H3,(H2,57,58)(H,59,64)(H,65,66)(H,67,68)/t32?,33?,34?,35?,40-,41-,42-,43-,44?,45+,46+,47+,48-,49?,50?,51?,52+,53+,54+,55-/m1/s1. The third kappa shape index (κ3) is 28.7. The van der Waals surface area contributed by atoms with Crippen molar-refractivity contribution < 1.29 is 123 Å². The minimum Gasteiger partial charge on any atom is -0.480 e. The first-order chi connectivity index (χ1) is 43.5. The Morgan fingerprint density at radius 1 is 0.538 bits per heavy atom. The van der Waals surface area contributed by atoms with Crippen LogP contribution in [0, 0.1) is 5.41 Å². The molecule has 20 atom stereocenters. The molecule has 532 valence electrons. The molecule has 0 saturated carbocycles. The van der Waals surface area contributed by atoms with Crippen molar-refractivity contribution in [2.24, 2.45) is 5.73 Å². The van der Waals surface area contributed by atoms with E-state index in [-0.39, 0.29) is 57.0 Å². The maximum atomic E-state index is 12.7. The number of carbonyl (C=O) groups excluding carboxylic acids is 1. The van der Waals surface area contributed by atoms with Gasteiger partial charge in [0.05, 0.1) is 51.3 Å². The molecule has 4 heterocycles. The lowest BCUT2D eigenvalue weighted by Crippen LogP contribution is -2.63. The fourth-order valence-electron chi connectivity index (χ4n) is 9.93. The number of ether oxygens (including phenoxy) is 10. The lowest BCUT2D eigenvalue weighted by atomic mass is 9.96. The van der Waals surface area contributed by atoms with Crippen molar-refractivity contribution in [1.82, 2.24) is 25.3 Å². The Morgan fingerprint density at radius 3 is 1.51 bits per heavy atom. The number of nitrogens with two attached hydrogens (primary N) is 1. The number of aliphatic hydroxyl groups is 10. The summed E-state index contributed by atoms with van der Waals surface area (Å²) in [5.41, 5.74) is 4.69. The number of carboxylic acid groups (broad SMARTS) is 2. The first-order valence-electron chi connectivity index (χ1n) is 30.7. The maximum absolute atomic E-state index is 12.7. The molecule has 1 amide bonds. The molecular formula is C55H103N7O25S4. The van der Waals surface area contributed by atoms with E-state index >= 15 is 0 Å². The fraction of sp³-hybridized carbons (Fsp3) is 0.927. The Bertz CT molecular complexity index is 2040. The average Bonchev–Trinajstić information content (AvgIpc) is 0.894. The van der Waals surface area contributed by atoms with Crippen molar-refractivity contribution in [3.8, 4) is 0 Å². The van der Waals surface area contributed by atoms with Gasteiger partial charge in [0.1, 0.15) is 103 Å². The highest BCUT2D eigenvalue weighted by atomic mass is 32.2. The number of hydrogen-bond acceptors (Lipinski definition) is 32. The third-order valence-corrected chi connectivity index (χ3v) is 19.5. The Balaban J connectivity index is 1.23. The second-order valence-electron chi connectivity index (χ2n) is 22.4. The summed E-state index contributed by atoms with van der Waals surface area (Å²) in [6.45, 7) is 3.29. The largest absolute Gasteiger partial charge is 0.480 e. The molecule has 4 fully saturated rings. The van der Waals surface area contributed by atoms with E-state index in [1.807, 2.05) is 11.9 Å². The predicted octanol–water partition coefficient (Wildman–Crippen LogP) is -5.55. The van der Waals surface area contributed by atoms with Crippen LogP contribution in [0.2, 0.25) is 0 Å². The molecule has 36 heteroatoms. The van der Waals surface area contributed by atoms with Gasteiger partial charge in [0.25, 0.3) is 0 Å². The number of nitrogens with zero attached hydrogens (tertiary/aromatic N) is 3. The molecule has 4 aliphatic rings. The third-order valence-electron chi connectivity index (χ3n) is 15.1. The minimum atomic E-state index is -1.60. The van der Waals surface area contributed by atoms with Crippen molar-refractivity contribution in [1.29, 1.82) is 5.41 Å². The number of amidine groups is 1. The number of hydrogen-bond donors (Lipinski definition) is 16. The van der Waals surface area contributed by atoms with Crippen molar-refractivity contribution >= 4 is 70.7 Å². The highest BCUT2D eigenvalue weighted by Crippen LogP contribution is 2.32. The van der Waals surface area contributed by atoms with Crippen molar-refractivity contribution in [2.75, 3.05) is 167 Å². The number of carboxylic acids is 2. The SMILES string of the molecule is CCC1O[C@H](OCC2O[C@H](OCC3O[C@H](OC)C(OCCCSCCNC(=O)CN(CCN(C)CCN(C)CC(=O)O)CC(=O)O)[C@@H](O)[C@@H]3O)C(OCCCSCCN)[C@@H](O)[C@@H]2O)C(OCCCSCCNC(=N)CS[C@H]2OC(CO)[C@@H](O)C(O)[C@H]2O)[C@@H](O)[C@@H]1O. The fourth-order valence-corrected chi connectivity index (χ4v) is 13.2. The number of aliphatic hydroxyl groups excluding tert-OH is 10. The highest BCUT2D eigenvalue weighted by Gasteiger charge is 2.51. The molecule has 0 aromatic heterocycles. The number of rotatable bonds is 47. The van der Waals surface area contributed by atoms with E-state index in [0.29, 0.717) is 100 Å². The summed E-state index contributed by atoms with van der Waals surface area (Å²) in [5.74, 6) is 1.71. The zero-order valence-electron chi connectivity index (χ0n) is 52.4. The average molecular weight is 1390 g/mol. The topological polar surface area (TPSA) is 470 Å². The lowest BCUT2D eigenvalue weighted by Gasteiger charge is -2.45. The second-order valence-corrected chi connectivity index (χ2v) is 27.1. The zero-order chi connectivity index (χ0) is 67.0. The number of amides is 1. The first kappa shape index (κ1) is 81.7. The van der Waals surface area contributed by atoms with Crippen LogP contribution in [0.3, 0.4) is 0 Å². The van der Waals surface area contributed by atoms with Gasteiger partial charge in [0.2, 0.25) is 5.91 Å². The summed E-state index contributed by atoms with van der Waals surface area (Å²) >= 11 is 5.75. The quantitative estimate of drug-likeness (QED) is 0.0153. The molecule has 0 radical (unpaired) electrons. The van der Waals surface area contributed by atoms with Crippen LogP contribution in [0.25, 0.3) is 0 Å². The lowest BCUT2D eigenvalue weighted by molar-refractivity contribution is -0.347. The van der Waals surface area contributed by atoms with E-state index in [1.54, 1.807) is 42.4 Å². The monoisotopic (exact) mass is 1390 g/mol. The van der Waals surface area contributed by atoms with Crippen LogP contribution in [-0.2, 0) is 61.8 Å². The van der Waals surface area contributed by atoms with Gasteiger partial charge in [-0.15, -0.1) is 11.8 Å². The summed E-state index contributed by atoms with van der Waals surface area (Å²) in [4.78, 5) is 40.3. The Labute approximate surface area is 548 Å². The van der Waals surface area contributed by atoms with Crippen LogP contribution in [0.4, 0.5) is 0 Å². The first-order valence-corrected chi connectivity index (χ1v) is 35.2. The second kappa shape index (κ2) is 45.0. The Morgan fingerprint density at radius 2 is 1.00 bits per heavy atom. The number of aliphatic carboxylic acids is 2. The van der Waals surface area contributed by atoms with Gasteiger partial charge in [-0.25, -0.2) is 0 Å². The summed E-state index contributed by atoms with van der Waals surface area (Å²) < 4.78 is 59.8. The summed E-state index contributed by atoms with van der Waals surface area (Å²) in [6, 6.07) is 0. The molecule has 32 nitrogen and oxygen atoms in total. The minimum absolute atomic E-state index is 0.0981. The maximum Gasteiger partial charge on any atom is 0.317 e. The molecule has 4 saturated heterocycles. The summed E-state index contributed by atoms with van der Waals surface area (Å²) in [5, 5.41) is 140. The van der Waals surface area contributed by atoms with E-state index in [1.165, 1.54) is 23.8 Å². The number of likely N-dealkylation sites (N-methyl/N-ethyl adjacent to an activating group) is 2. The molecule has 17 N–H and O–H groups in total. The molecule has 4 aliphatic heterocycles. The Kier molecular flexibility index (Phi) is 40.4. The number of methoxy groups -OCH3 is 1. The van der Waals surface area contributed by atoms with E-state index in [9.17, 15) is 70.6 Å². The van der Waals surface area contributed by atoms with Crippen LogP contribution >= 0.6 is 47.0 Å². The molecular weight excluding hydrogens is 1290 g/mol. The van der Waals surface area contributed by atoms with E-state index < -0.39 is 154 Å². The summed E-state index contributed by atoms with van der Waals surface area (Å²) in [7, 11) is 4.87. The van der Waals surface area contributed by atoms with E-state index in [2.05, 4.69) is 10.6 Å². The van der Waals surface area contributed by atoms with Gasteiger partial charge in [-0.2, -0.15) is 35.3 Å². The predicted molar refractivity (Wildman–Crippen MR) is 337 cm³/mol. The van der Waals surface area contributed by atoms with Crippen LogP contribution in [0.1, 0.15) is 32.6 Å². The number of carbonyl (C=O) groups is 3. The van der Waals surface area contributed by atoms with Gasteiger partial charge in [0, 0.05) is 90.0 Å². The van der Waals surface area contributed by atoms with Gasteiger partial charge in [-0.1, -0.05) is 6.92 Å². The molecule has 0 bridgehead atoms. The van der Waals surface area contributed by atoms with Gasteiger partial charge < -0.3 is 130 Å². The van der Waals surface area contributed by atoms with Crippen molar-refractivity contribution in [3.63, 3.8) is 0 Å². The molecule has 4 rings (SSSR count). The van der Waals surface area contributed by atoms with E-state index in [0.717, 1.165) is 17.5 Å². The van der Waals surface area contributed by atoms with Crippen LogP contribution < -0.4 is 16.4 Å². The Hall–Kier alpha value is -1.68. The smallest absolute Gasteiger partial charge is 0.317 e. The van der Waals surface area contributed by atoms with Gasteiger partial charge >= 0.3 is 11.9 Å². The van der Waals surface area contributed by atoms with Crippen LogP contribution in [0.5, 0.6) is 0 Å². The summed E-state index contributed by atoms with van der Waals surface area (Å²) in [6.07, 6.45) is -23.3. The molecule has 0 aromatic rings. The van der Waals surface area contributed by atoms with E-state index in [4.69, 9.17) is 63.6 Å². The number of thioether (sulfide) groups is 4. The molecule has 0 aliphatic carbocycles. The van der Waals surface area contributed by atoms with Gasteiger partial charge in [-0.05, 0) is 57.0 Å².